The van der Waals surface area contributed by atoms with E-state index in [2.05, 4.69) is 5.32 Å². The van der Waals surface area contributed by atoms with Crippen LogP contribution >= 0.6 is 12.2 Å². The molecule has 0 radical (unpaired) electrons. The number of nitrogens with zero attached hydrogens (tertiary/aromatic N) is 2. The number of thiocarbonyl (C=S) groups is 1. The maximum atomic E-state index is 13.6. The summed E-state index contributed by atoms with van der Waals surface area (Å²) in [6.07, 6.45) is 0.661. The van der Waals surface area contributed by atoms with E-state index >= 15 is 0 Å². The maximum Gasteiger partial charge on any atom is 0.257 e. The fourth-order valence-electron chi connectivity index (χ4n) is 4.56. The molecule has 0 spiro atoms. The Hall–Kier alpha value is -3.71. The van der Waals surface area contributed by atoms with Crippen LogP contribution in [-0.2, 0) is 16.0 Å². The molecule has 0 aliphatic carbocycles. The fraction of sp³-hybridized carbons (Fsp3) is 0.276. The molecule has 0 bridgehead atoms. The summed E-state index contributed by atoms with van der Waals surface area (Å²) in [6, 6.07) is 20.5. The molecule has 186 valence electrons. The van der Waals surface area contributed by atoms with Crippen molar-refractivity contribution in [1.82, 2.24) is 4.90 Å². The molecule has 2 amide bonds. The third-order valence-electron chi connectivity index (χ3n) is 6.58. The largest absolute Gasteiger partial charge is 0.496 e. The molecular weight excluding hydrogens is 470 g/mol. The van der Waals surface area contributed by atoms with Gasteiger partial charge in [0.05, 0.1) is 19.2 Å². The van der Waals surface area contributed by atoms with Crippen LogP contribution in [0.2, 0.25) is 0 Å². The van der Waals surface area contributed by atoms with Crippen molar-refractivity contribution in [2.24, 2.45) is 0 Å². The Balaban J connectivity index is 1.64. The standard InChI is InChI=1S/C29H31N3O3S/c1-19-12-14-23(15-13-19)32-26(33)18-24(28(32)34)31(17-16-22-10-5-6-11-25(22)35-4)29(36)30-27-20(2)8-7-9-21(27)3/h5-15,24H,16-18H2,1-4H3,(H,30,36). The Morgan fingerprint density at radius 2 is 1.67 bits per heavy atom. The van der Waals surface area contributed by atoms with Crippen LogP contribution in [0.25, 0.3) is 0 Å². The van der Waals surface area contributed by atoms with E-state index in [4.69, 9.17) is 17.0 Å². The summed E-state index contributed by atoms with van der Waals surface area (Å²) >= 11 is 5.86. The van der Waals surface area contributed by atoms with Crippen LogP contribution in [0.5, 0.6) is 5.75 Å². The van der Waals surface area contributed by atoms with E-state index in [-0.39, 0.29) is 18.2 Å². The van der Waals surface area contributed by atoms with Crippen molar-refractivity contribution >= 4 is 40.5 Å². The van der Waals surface area contributed by atoms with Crippen molar-refractivity contribution < 1.29 is 14.3 Å². The van der Waals surface area contributed by atoms with Gasteiger partial charge in [-0.25, -0.2) is 4.90 Å². The number of methoxy groups -OCH3 is 1. The number of carbonyl (C=O) groups is 2. The average molecular weight is 502 g/mol. The summed E-state index contributed by atoms with van der Waals surface area (Å²) in [7, 11) is 1.64. The Bertz CT molecular complexity index is 1270. The van der Waals surface area contributed by atoms with Crippen LogP contribution in [0.1, 0.15) is 28.7 Å². The zero-order valence-electron chi connectivity index (χ0n) is 21.1. The quantitative estimate of drug-likeness (QED) is 0.355. The predicted molar refractivity (Wildman–Crippen MR) is 148 cm³/mol. The lowest BCUT2D eigenvalue weighted by Gasteiger charge is -2.31. The molecule has 1 heterocycles. The highest BCUT2D eigenvalue weighted by Gasteiger charge is 2.43. The number of hydrogen-bond donors (Lipinski definition) is 1. The number of ether oxygens (including phenoxy) is 1. The Morgan fingerprint density at radius 1 is 1.00 bits per heavy atom. The van der Waals surface area contributed by atoms with Gasteiger partial charge in [-0.15, -0.1) is 0 Å². The highest BCUT2D eigenvalue weighted by atomic mass is 32.1. The van der Waals surface area contributed by atoms with Gasteiger partial charge in [0.1, 0.15) is 11.8 Å². The summed E-state index contributed by atoms with van der Waals surface area (Å²) in [5.41, 5.74) is 5.67. The van der Waals surface area contributed by atoms with Crippen LogP contribution in [-0.4, -0.2) is 41.5 Å². The first-order valence-electron chi connectivity index (χ1n) is 12.0. The highest BCUT2D eigenvalue weighted by molar-refractivity contribution is 7.80. The molecule has 3 aromatic rings. The molecule has 1 unspecified atom stereocenters. The molecule has 0 saturated carbocycles. The van der Waals surface area contributed by atoms with Crippen molar-refractivity contribution in [3.8, 4) is 5.75 Å². The molecule has 7 heteroatoms. The molecule has 36 heavy (non-hydrogen) atoms. The maximum absolute atomic E-state index is 13.6. The molecule has 3 aromatic carbocycles. The topological polar surface area (TPSA) is 61.9 Å². The third-order valence-corrected chi connectivity index (χ3v) is 6.92. The van der Waals surface area contributed by atoms with Gasteiger partial charge < -0.3 is 15.0 Å². The van der Waals surface area contributed by atoms with E-state index in [0.29, 0.717) is 23.8 Å². The predicted octanol–water partition coefficient (Wildman–Crippen LogP) is 5.19. The van der Waals surface area contributed by atoms with Gasteiger partial charge in [0.2, 0.25) is 5.91 Å². The number of imide groups is 1. The minimum absolute atomic E-state index is 0.0627. The number of para-hydroxylation sites is 2. The summed E-state index contributed by atoms with van der Waals surface area (Å²) in [5, 5.41) is 3.78. The number of benzene rings is 3. The normalized spacial score (nSPS) is 15.2. The van der Waals surface area contributed by atoms with Crippen LogP contribution in [0.3, 0.4) is 0 Å². The van der Waals surface area contributed by atoms with Crippen LogP contribution in [0, 0.1) is 20.8 Å². The van der Waals surface area contributed by atoms with Gasteiger partial charge in [-0.1, -0.05) is 54.1 Å². The first-order valence-corrected chi connectivity index (χ1v) is 12.4. The number of amides is 2. The molecule has 1 N–H and O–H groups in total. The second-order valence-electron chi connectivity index (χ2n) is 9.08. The number of nitrogens with one attached hydrogen (secondary N) is 1. The van der Waals surface area contributed by atoms with Gasteiger partial charge in [-0.2, -0.15) is 0 Å². The second-order valence-corrected chi connectivity index (χ2v) is 9.46. The van der Waals surface area contributed by atoms with E-state index in [1.54, 1.807) is 19.2 Å². The van der Waals surface area contributed by atoms with Gasteiger partial charge in [0.15, 0.2) is 5.11 Å². The first kappa shape index (κ1) is 25.4. The zero-order valence-corrected chi connectivity index (χ0v) is 21.9. The molecule has 6 nitrogen and oxygen atoms in total. The highest BCUT2D eigenvalue weighted by Crippen LogP contribution is 2.28. The number of rotatable bonds is 7. The van der Waals surface area contributed by atoms with E-state index in [9.17, 15) is 9.59 Å². The second kappa shape index (κ2) is 10.9. The molecular formula is C29H31N3O3S. The fourth-order valence-corrected chi connectivity index (χ4v) is 4.88. The third kappa shape index (κ3) is 5.26. The van der Waals surface area contributed by atoms with Crippen molar-refractivity contribution in [2.75, 3.05) is 23.9 Å². The van der Waals surface area contributed by atoms with E-state index in [0.717, 1.165) is 33.7 Å². The molecule has 0 aromatic heterocycles. The minimum Gasteiger partial charge on any atom is -0.496 e. The Labute approximate surface area is 217 Å². The lowest BCUT2D eigenvalue weighted by atomic mass is 10.1. The number of hydrogen-bond acceptors (Lipinski definition) is 4. The monoisotopic (exact) mass is 501 g/mol. The lowest BCUT2D eigenvalue weighted by Crippen LogP contribution is -2.48. The van der Waals surface area contributed by atoms with Crippen molar-refractivity contribution in [2.45, 2.75) is 39.7 Å². The molecule has 1 atom stereocenters. The van der Waals surface area contributed by atoms with Crippen molar-refractivity contribution in [3.63, 3.8) is 0 Å². The minimum atomic E-state index is -0.696. The smallest absolute Gasteiger partial charge is 0.257 e. The zero-order chi connectivity index (χ0) is 25.8. The van der Waals surface area contributed by atoms with Gasteiger partial charge in [0, 0.05) is 12.2 Å². The van der Waals surface area contributed by atoms with E-state index in [1.165, 1.54) is 4.90 Å². The number of aryl methyl sites for hydroxylation is 3. The molecule has 1 aliphatic heterocycles. The van der Waals surface area contributed by atoms with Crippen LogP contribution in [0.15, 0.2) is 66.7 Å². The molecule has 4 rings (SSSR count). The molecule has 1 aliphatic rings. The van der Waals surface area contributed by atoms with Gasteiger partial charge in [-0.05, 0) is 74.3 Å². The van der Waals surface area contributed by atoms with E-state index < -0.39 is 6.04 Å². The number of anilines is 2. The van der Waals surface area contributed by atoms with E-state index in [1.807, 2.05) is 80.3 Å². The Kier molecular flexibility index (Phi) is 7.70. The SMILES string of the molecule is COc1ccccc1CCN(C(=S)Nc1c(C)cccc1C)C1CC(=O)N(c2ccc(C)cc2)C1=O. The van der Waals surface area contributed by atoms with Crippen LogP contribution in [0.4, 0.5) is 11.4 Å². The van der Waals surface area contributed by atoms with Gasteiger partial charge >= 0.3 is 0 Å². The molecule has 1 fully saturated rings. The number of carbonyl (C=O) groups excluding carboxylic acids is 2. The average Bonchev–Trinajstić information content (AvgIpc) is 3.16. The lowest BCUT2D eigenvalue weighted by molar-refractivity contribution is -0.122. The van der Waals surface area contributed by atoms with Gasteiger partial charge in [0.25, 0.3) is 5.91 Å². The summed E-state index contributed by atoms with van der Waals surface area (Å²) < 4.78 is 5.52. The van der Waals surface area contributed by atoms with Crippen molar-refractivity contribution in [3.05, 3.63) is 89.0 Å². The Morgan fingerprint density at radius 3 is 2.33 bits per heavy atom. The first-order chi connectivity index (χ1) is 17.3. The summed E-state index contributed by atoms with van der Waals surface area (Å²) in [4.78, 5) is 29.8. The van der Waals surface area contributed by atoms with Crippen LogP contribution < -0.4 is 15.0 Å². The van der Waals surface area contributed by atoms with Gasteiger partial charge in [-0.3, -0.25) is 9.59 Å². The summed E-state index contributed by atoms with van der Waals surface area (Å²) in [5.74, 6) is 0.279. The molecule has 1 saturated heterocycles. The van der Waals surface area contributed by atoms with Crippen molar-refractivity contribution in [1.29, 1.82) is 0 Å². The summed E-state index contributed by atoms with van der Waals surface area (Å²) in [6.45, 7) is 6.45.